The molecule has 9 heteroatoms. The molecular formula is C23H18FN5O2S. The molecule has 0 radical (unpaired) electrons. The number of anilines is 1. The first-order valence-corrected chi connectivity index (χ1v) is 10.5. The summed E-state index contributed by atoms with van der Waals surface area (Å²) < 4.78 is 13.1. The highest BCUT2D eigenvalue weighted by Gasteiger charge is 2.34. The topological polar surface area (TPSA) is 87.6 Å². The number of carbonyl (C=O) groups is 2. The van der Waals surface area contributed by atoms with Gasteiger partial charge >= 0.3 is 0 Å². The average molecular weight is 447 g/mol. The van der Waals surface area contributed by atoms with Crippen LogP contribution in [0.2, 0.25) is 0 Å². The number of halogens is 1. The van der Waals surface area contributed by atoms with Crippen molar-refractivity contribution in [3.05, 3.63) is 101 Å². The van der Waals surface area contributed by atoms with Crippen LogP contribution in [0.5, 0.6) is 0 Å². The van der Waals surface area contributed by atoms with Gasteiger partial charge in [-0.3, -0.25) is 29.4 Å². The number of nitrogens with one attached hydrogen (secondary N) is 1. The lowest BCUT2D eigenvalue weighted by Crippen LogP contribution is -2.29. The minimum Gasteiger partial charge on any atom is -0.322 e. The number of hydrogen-bond acceptors (Lipinski definition) is 6. The third-order valence-corrected chi connectivity index (χ3v) is 5.49. The van der Waals surface area contributed by atoms with Gasteiger partial charge in [-0.05, 0) is 59.3 Å². The number of aliphatic imine (C=N–C) groups is 1. The summed E-state index contributed by atoms with van der Waals surface area (Å²) in [6, 6.07) is 12.8. The Labute approximate surface area is 188 Å². The molecule has 0 saturated carbocycles. The second kappa shape index (κ2) is 9.97. The van der Waals surface area contributed by atoms with E-state index in [1.807, 2.05) is 18.2 Å². The van der Waals surface area contributed by atoms with Gasteiger partial charge in [0.05, 0.1) is 18.0 Å². The predicted molar refractivity (Wildman–Crippen MR) is 121 cm³/mol. The standard InChI is InChI=1S/C23H18FN5O2S/c24-18-5-7-19(8-6-18)28-21(30)11-20-22(31)29(15-17-4-2-10-26-13-17)23(32-20)27-14-16-3-1-9-25-12-16/h1-13H,14-15H2,(H,28,30). The van der Waals surface area contributed by atoms with Crippen LogP contribution in [0, 0.1) is 5.82 Å². The maximum Gasteiger partial charge on any atom is 0.267 e. The first-order chi connectivity index (χ1) is 15.6. The van der Waals surface area contributed by atoms with Crippen LogP contribution >= 0.6 is 11.8 Å². The Bertz CT molecular complexity index is 1170. The van der Waals surface area contributed by atoms with Crippen molar-refractivity contribution in [2.45, 2.75) is 13.1 Å². The molecule has 160 valence electrons. The van der Waals surface area contributed by atoms with E-state index in [1.165, 1.54) is 35.2 Å². The first kappa shape index (κ1) is 21.4. The minimum atomic E-state index is -0.484. The molecular weight excluding hydrogens is 429 g/mol. The van der Waals surface area contributed by atoms with E-state index in [9.17, 15) is 14.0 Å². The highest BCUT2D eigenvalue weighted by atomic mass is 32.2. The van der Waals surface area contributed by atoms with Crippen molar-refractivity contribution in [1.29, 1.82) is 0 Å². The molecule has 1 saturated heterocycles. The molecule has 1 aromatic carbocycles. The number of amidine groups is 1. The van der Waals surface area contributed by atoms with Crippen molar-refractivity contribution < 1.29 is 14.0 Å². The van der Waals surface area contributed by atoms with Gasteiger partial charge in [-0.1, -0.05) is 12.1 Å². The third kappa shape index (κ3) is 5.44. The van der Waals surface area contributed by atoms with Gasteiger partial charge in [0, 0.05) is 36.6 Å². The largest absolute Gasteiger partial charge is 0.322 e. The number of amides is 2. The number of thioether (sulfide) groups is 1. The Morgan fingerprint density at radius 1 is 1.06 bits per heavy atom. The maximum absolute atomic E-state index is 13.1. The molecule has 7 nitrogen and oxygen atoms in total. The fourth-order valence-electron chi connectivity index (χ4n) is 2.92. The average Bonchev–Trinajstić information content (AvgIpc) is 3.09. The van der Waals surface area contributed by atoms with E-state index in [2.05, 4.69) is 20.3 Å². The van der Waals surface area contributed by atoms with E-state index in [1.54, 1.807) is 30.9 Å². The molecule has 0 atom stereocenters. The van der Waals surface area contributed by atoms with Crippen LogP contribution in [0.4, 0.5) is 10.1 Å². The number of rotatable bonds is 6. The zero-order chi connectivity index (χ0) is 22.3. The zero-order valence-electron chi connectivity index (χ0n) is 16.8. The monoisotopic (exact) mass is 447 g/mol. The van der Waals surface area contributed by atoms with Gasteiger partial charge in [-0.2, -0.15) is 0 Å². The highest BCUT2D eigenvalue weighted by molar-refractivity contribution is 8.18. The molecule has 0 bridgehead atoms. The van der Waals surface area contributed by atoms with Crippen molar-refractivity contribution in [3.8, 4) is 0 Å². The van der Waals surface area contributed by atoms with Gasteiger partial charge in [0.2, 0.25) is 5.91 Å². The molecule has 32 heavy (non-hydrogen) atoms. The molecule has 0 spiro atoms. The Balaban J connectivity index is 1.55. The predicted octanol–water partition coefficient (Wildman–Crippen LogP) is 3.77. The maximum atomic E-state index is 13.1. The Hall–Kier alpha value is -3.85. The summed E-state index contributed by atoms with van der Waals surface area (Å²) in [6.45, 7) is 0.629. The third-order valence-electron chi connectivity index (χ3n) is 4.45. The van der Waals surface area contributed by atoms with E-state index in [4.69, 9.17) is 0 Å². The molecule has 3 aromatic rings. The summed E-state index contributed by atoms with van der Waals surface area (Å²) >= 11 is 1.13. The summed E-state index contributed by atoms with van der Waals surface area (Å²) in [5, 5.41) is 3.12. The van der Waals surface area contributed by atoms with E-state index in [0.717, 1.165) is 22.9 Å². The molecule has 0 unspecified atom stereocenters. The van der Waals surface area contributed by atoms with Crippen molar-refractivity contribution in [2.24, 2.45) is 4.99 Å². The lowest BCUT2D eigenvalue weighted by molar-refractivity contribution is -0.123. The lowest BCUT2D eigenvalue weighted by Gasteiger charge is -2.15. The number of benzene rings is 1. The van der Waals surface area contributed by atoms with Gasteiger partial charge in [0.1, 0.15) is 5.82 Å². The Morgan fingerprint density at radius 3 is 2.41 bits per heavy atom. The molecule has 2 aromatic heterocycles. The van der Waals surface area contributed by atoms with E-state index < -0.39 is 11.7 Å². The fraction of sp³-hybridized carbons (Fsp3) is 0.0870. The smallest absolute Gasteiger partial charge is 0.267 e. The first-order valence-electron chi connectivity index (χ1n) is 9.69. The number of carbonyl (C=O) groups excluding carboxylic acids is 2. The van der Waals surface area contributed by atoms with Crippen LogP contribution in [0.15, 0.2) is 89.3 Å². The van der Waals surface area contributed by atoms with Gasteiger partial charge in [-0.25, -0.2) is 4.39 Å². The van der Waals surface area contributed by atoms with Crippen LogP contribution in [-0.4, -0.2) is 31.8 Å². The fourth-order valence-corrected chi connectivity index (χ4v) is 3.87. The summed E-state index contributed by atoms with van der Waals surface area (Å²) in [4.78, 5) is 40.0. The zero-order valence-corrected chi connectivity index (χ0v) is 17.6. The van der Waals surface area contributed by atoms with Gasteiger partial charge in [0.25, 0.3) is 5.91 Å². The summed E-state index contributed by atoms with van der Waals surface area (Å²) in [5.41, 5.74) is 2.18. The number of hydrogen-bond donors (Lipinski definition) is 1. The van der Waals surface area contributed by atoms with Crippen LogP contribution in [0.3, 0.4) is 0 Å². The van der Waals surface area contributed by atoms with Gasteiger partial charge in [0.15, 0.2) is 5.17 Å². The Morgan fingerprint density at radius 2 is 1.75 bits per heavy atom. The van der Waals surface area contributed by atoms with Crippen LogP contribution in [0.1, 0.15) is 11.1 Å². The second-order valence-corrected chi connectivity index (χ2v) is 7.83. The summed E-state index contributed by atoms with van der Waals surface area (Å²) in [6.07, 6.45) is 7.97. The molecule has 2 amide bonds. The van der Waals surface area contributed by atoms with Crippen molar-refractivity contribution >= 4 is 34.4 Å². The quantitative estimate of drug-likeness (QED) is 0.581. The van der Waals surface area contributed by atoms with Crippen LogP contribution in [-0.2, 0) is 22.7 Å². The summed E-state index contributed by atoms with van der Waals surface area (Å²) in [7, 11) is 0. The molecule has 1 aliphatic rings. The second-order valence-electron chi connectivity index (χ2n) is 6.82. The van der Waals surface area contributed by atoms with E-state index >= 15 is 0 Å². The lowest BCUT2D eigenvalue weighted by atomic mass is 10.2. The number of aromatic nitrogens is 2. The van der Waals surface area contributed by atoms with Crippen molar-refractivity contribution in [3.63, 3.8) is 0 Å². The molecule has 4 rings (SSSR count). The van der Waals surface area contributed by atoms with Crippen molar-refractivity contribution in [1.82, 2.24) is 14.9 Å². The molecule has 3 heterocycles. The van der Waals surface area contributed by atoms with Gasteiger partial charge in [-0.15, -0.1) is 0 Å². The molecule has 1 aliphatic heterocycles. The number of nitrogens with zero attached hydrogens (tertiary/aromatic N) is 4. The SMILES string of the molecule is O=C(C=C1SC(=NCc2cccnc2)N(Cc2cccnc2)C1=O)Nc1ccc(F)cc1. The van der Waals surface area contributed by atoms with Crippen LogP contribution < -0.4 is 5.32 Å². The highest BCUT2D eigenvalue weighted by Crippen LogP contribution is 2.32. The van der Waals surface area contributed by atoms with E-state index in [-0.39, 0.29) is 17.4 Å². The van der Waals surface area contributed by atoms with Crippen molar-refractivity contribution in [2.75, 3.05) is 5.32 Å². The number of pyridine rings is 2. The van der Waals surface area contributed by atoms with Crippen LogP contribution in [0.25, 0.3) is 0 Å². The normalized spacial score (nSPS) is 16.0. The van der Waals surface area contributed by atoms with Gasteiger partial charge < -0.3 is 5.32 Å². The summed E-state index contributed by atoms with van der Waals surface area (Å²) in [5.74, 6) is -1.20. The molecule has 1 fully saturated rings. The molecule has 1 N–H and O–H groups in total. The minimum absolute atomic E-state index is 0.249. The Kier molecular flexibility index (Phi) is 6.66. The molecule has 0 aliphatic carbocycles. The van der Waals surface area contributed by atoms with E-state index in [0.29, 0.717) is 17.4 Å².